The number of thiocarbonyl (C=S) groups is 1. The molecule has 1 aromatic heterocycles. The molecule has 1 heterocycles. The fraction of sp³-hybridized carbons (Fsp3) is 0.455. The molecule has 106 valence electrons. The summed E-state index contributed by atoms with van der Waals surface area (Å²) in [6.07, 6.45) is -3.75. The molecule has 0 fully saturated rings. The lowest BCUT2D eigenvalue weighted by atomic mass is 10.1. The van der Waals surface area contributed by atoms with Crippen molar-refractivity contribution in [3.05, 3.63) is 22.9 Å². The minimum absolute atomic E-state index is 0.00896. The van der Waals surface area contributed by atoms with Gasteiger partial charge in [0.25, 0.3) is 0 Å². The number of pyridine rings is 1. The average Bonchev–Trinajstić information content (AvgIpc) is 2.24. The first-order chi connectivity index (χ1) is 8.65. The third-order valence-electron chi connectivity index (χ3n) is 2.40. The van der Waals surface area contributed by atoms with Crippen LogP contribution in [0.4, 0.5) is 23.4 Å². The van der Waals surface area contributed by atoms with Gasteiger partial charge in [-0.05, 0) is 25.5 Å². The van der Waals surface area contributed by atoms with Gasteiger partial charge in [0, 0.05) is 5.69 Å². The van der Waals surface area contributed by atoms with Crippen LogP contribution in [0.2, 0.25) is 0 Å². The number of aromatic nitrogens is 1. The summed E-state index contributed by atoms with van der Waals surface area (Å²) in [5.74, 6) is -4.15. The van der Waals surface area contributed by atoms with E-state index >= 15 is 0 Å². The summed E-state index contributed by atoms with van der Waals surface area (Å²) in [6, 6.07) is 1.67. The van der Waals surface area contributed by atoms with Gasteiger partial charge in [-0.3, -0.25) is 0 Å². The SMILES string of the molecule is Cc1cc(C)c(C(N)=S)c(NCC(F)(F)C(F)F)n1. The lowest BCUT2D eigenvalue weighted by molar-refractivity contribution is -0.117. The molecule has 0 spiro atoms. The molecule has 3 N–H and O–H groups in total. The number of hydrogen-bond acceptors (Lipinski definition) is 3. The first kappa shape index (κ1) is 15.6. The van der Waals surface area contributed by atoms with Gasteiger partial charge in [-0.25, -0.2) is 13.8 Å². The molecule has 0 saturated carbocycles. The summed E-state index contributed by atoms with van der Waals surface area (Å²) in [6.45, 7) is 2.09. The predicted octanol–water partition coefficient (Wildman–Crippen LogP) is 2.64. The van der Waals surface area contributed by atoms with Crippen molar-refractivity contribution in [1.82, 2.24) is 4.98 Å². The van der Waals surface area contributed by atoms with E-state index < -0.39 is 18.9 Å². The normalized spacial score (nSPS) is 11.7. The molecule has 0 unspecified atom stereocenters. The molecular weight excluding hydrogens is 282 g/mol. The van der Waals surface area contributed by atoms with Crippen molar-refractivity contribution >= 4 is 23.0 Å². The molecule has 0 aromatic carbocycles. The topological polar surface area (TPSA) is 50.9 Å². The highest BCUT2D eigenvalue weighted by atomic mass is 32.1. The van der Waals surface area contributed by atoms with Gasteiger partial charge in [0.15, 0.2) is 0 Å². The molecule has 0 bridgehead atoms. The largest absolute Gasteiger partial charge is 0.389 e. The fourth-order valence-electron chi connectivity index (χ4n) is 1.55. The standard InChI is InChI=1S/C11H13F4N3S/c1-5-3-6(2)18-9(7(5)8(16)19)17-4-11(14,15)10(12)13/h3,10H,4H2,1-2H3,(H2,16,19)(H,17,18). The lowest BCUT2D eigenvalue weighted by Crippen LogP contribution is -2.35. The van der Waals surface area contributed by atoms with E-state index in [2.05, 4.69) is 10.3 Å². The molecule has 0 aliphatic heterocycles. The molecule has 8 heteroatoms. The first-order valence-electron chi connectivity index (χ1n) is 5.33. The maximum absolute atomic E-state index is 12.9. The number of rotatable bonds is 5. The Bertz CT molecular complexity index is 491. The van der Waals surface area contributed by atoms with Gasteiger partial charge in [-0.1, -0.05) is 12.2 Å². The monoisotopic (exact) mass is 295 g/mol. The Hall–Kier alpha value is -1.44. The Morgan fingerprint density at radius 1 is 1.47 bits per heavy atom. The second kappa shape index (κ2) is 5.68. The highest BCUT2D eigenvalue weighted by Gasteiger charge is 2.40. The van der Waals surface area contributed by atoms with Crippen LogP contribution in [0.3, 0.4) is 0 Å². The van der Waals surface area contributed by atoms with Crippen LogP contribution in [0.15, 0.2) is 6.07 Å². The van der Waals surface area contributed by atoms with E-state index in [-0.39, 0.29) is 16.4 Å². The van der Waals surface area contributed by atoms with Crippen LogP contribution >= 0.6 is 12.2 Å². The van der Waals surface area contributed by atoms with Gasteiger partial charge in [0.2, 0.25) is 0 Å². The Labute approximate surface area is 113 Å². The van der Waals surface area contributed by atoms with Crippen molar-refractivity contribution in [3.63, 3.8) is 0 Å². The van der Waals surface area contributed by atoms with Gasteiger partial charge >= 0.3 is 12.3 Å². The number of nitrogens with two attached hydrogens (primary N) is 1. The summed E-state index contributed by atoms with van der Waals surface area (Å²) in [4.78, 5) is 3.93. The third-order valence-corrected chi connectivity index (χ3v) is 2.61. The van der Waals surface area contributed by atoms with Crippen LogP contribution in [0.5, 0.6) is 0 Å². The summed E-state index contributed by atoms with van der Waals surface area (Å²) in [5, 5.41) is 2.19. The zero-order valence-corrected chi connectivity index (χ0v) is 11.1. The van der Waals surface area contributed by atoms with E-state index in [0.717, 1.165) is 0 Å². The second-order valence-corrected chi connectivity index (χ2v) is 4.52. The summed E-state index contributed by atoms with van der Waals surface area (Å²) >= 11 is 4.80. The Morgan fingerprint density at radius 3 is 2.53 bits per heavy atom. The van der Waals surface area contributed by atoms with Gasteiger partial charge in [-0.2, -0.15) is 8.78 Å². The molecule has 0 amide bonds. The molecule has 0 aliphatic rings. The zero-order valence-electron chi connectivity index (χ0n) is 10.3. The van der Waals surface area contributed by atoms with Gasteiger partial charge in [0.1, 0.15) is 10.8 Å². The predicted molar refractivity (Wildman–Crippen MR) is 69.0 cm³/mol. The minimum Gasteiger partial charge on any atom is -0.389 e. The Balaban J connectivity index is 3.04. The lowest BCUT2D eigenvalue weighted by Gasteiger charge is -2.18. The maximum Gasteiger partial charge on any atom is 0.324 e. The van der Waals surface area contributed by atoms with Crippen LogP contribution in [-0.2, 0) is 0 Å². The van der Waals surface area contributed by atoms with Crippen LogP contribution in [-0.4, -0.2) is 28.9 Å². The maximum atomic E-state index is 12.9. The van der Waals surface area contributed by atoms with E-state index in [1.54, 1.807) is 19.9 Å². The van der Waals surface area contributed by atoms with Crippen molar-refractivity contribution in [2.24, 2.45) is 5.73 Å². The van der Waals surface area contributed by atoms with Crippen molar-refractivity contribution < 1.29 is 17.6 Å². The number of nitrogens with zero attached hydrogens (tertiary/aromatic N) is 1. The zero-order chi connectivity index (χ0) is 14.8. The van der Waals surface area contributed by atoms with Crippen LogP contribution in [0, 0.1) is 13.8 Å². The molecule has 0 aliphatic carbocycles. The molecule has 0 saturated heterocycles. The molecule has 3 nitrogen and oxygen atoms in total. The number of nitrogens with one attached hydrogen (secondary N) is 1. The fourth-order valence-corrected chi connectivity index (χ4v) is 1.81. The summed E-state index contributed by atoms with van der Waals surface area (Å²) in [5.41, 5.74) is 6.95. The average molecular weight is 295 g/mol. The van der Waals surface area contributed by atoms with E-state index in [9.17, 15) is 17.6 Å². The van der Waals surface area contributed by atoms with Crippen LogP contribution in [0.25, 0.3) is 0 Å². The van der Waals surface area contributed by atoms with E-state index in [1.807, 2.05) is 0 Å². The Morgan fingerprint density at radius 2 is 2.05 bits per heavy atom. The van der Waals surface area contributed by atoms with E-state index in [4.69, 9.17) is 18.0 Å². The third kappa shape index (κ3) is 3.76. The highest BCUT2D eigenvalue weighted by Crippen LogP contribution is 2.25. The highest BCUT2D eigenvalue weighted by molar-refractivity contribution is 7.80. The number of aryl methyl sites for hydroxylation is 2. The molecule has 0 radical (unpaired) electrons. The van der Waals surface area contributed by atoms with Crippen molar-refractivity contribution in [2.45, 2.75) is 26.2 Å². The van der Waals surface area contributed by atoms with Gasteiger partial charge in [0.05, 0.1) is 12.1 Å². The minimum atomic E-state index is -4.15. The van der Waals surface area contributed by atoms with Crippen LogP contribution in [0.1, 0.15) is 16.8 Å². The molecule has 1 rings (SSSR count). The molecule has 1 aromatic rings. The van der Waals surface area contributed by atoms with E-state index in [0.29, 0.717) is 11.3 Å². The smallest absolute Gasteiger partial charge is 0.324 e. The van der Waals surface area contributed by atoms with Crippen molar-refractivity contribution in [2.75, 3.05) is 11.9 Å². The second-order valence-electron chi connectivity index (χ2n) is 4.08. The van der Waals surface area contributed by atoms with Crippen LogP contribution < -0.4 is 11.1 Å². The Kier molecular flexibility index (Phi) is 4.67. The number of hydrogen-bond donors (Lipinski definition) is 2. The van der Waals surface area contributed by atoms with Gasteiger partial charge < -0.3 is 11.1 Å². The quantitative estimate of drug-likeness (QED) is 0.648. The summed E-state index contributed by atoms with van der Waals surface area (Å²) < 4.78 is 49.9. The number of anilines is 1. The van der Waals surface area contributed by atoms with Crippen molar-refractivity contribution in [1.29, 1.82) is 0 Å². The molecule has 0 atom stereocenters. The van der Waals surface area contributed by atoms with Crippen molar-refractivity contribution in [3.8, 4) is 0 Å². The number of alkyl halides is 4. The molecular formula is C11H13F4N3S. The van der Waals surface area contributed by atoms with E-state index in [1.165, 1.54) is 0 Å². The molecule has 19 heavy (non-hydrogen) atoms. The summed E-state index contributed by atoms with van der Waals surface area (Å²) in [7, 11) is 0. The number of halogens is 4. The first-order valence-corrected chi connectivity index (χ1v) is 5.74. The van der Waals surface area contributed by atoms with Gasteiger partial charge in [-0.15, -0.1) is 0 Å².